The van der Waals surface area contributed by atoms with Gasteiger partial charge in [0.25, 0.3) is 5.56 Å². The highest BCUT2D eigenvalue weighted by Crippen LogP contribution is 2.16. The van der Waals surface area contributed by atoms with Gasteiger partial charge in [-0.05, 0) is 13.3 Å². The number of aromatic amines is 1. The molecule has 0 aliphatic carbocycles. The van der Waals surface area contributed by atoms with Gasteiger partial charge < -0.3 is 15.0 Å². The summed E-state index contributed by atoms with van der Waals surface area (Å²) in [4.78, 5) is 30.4. The van der Waals surface area contributed by atoms with Crippen molar-refractivity contribution < 1.29 is 5.11 Å². The molecule has 2 heterocycles. The Morgan fingerprint density at radius 1 is 1.50 bits per heavy atom. The van der Waals surface area contributed by atoms with Gasteiger partial charge in [0.1, 0.15) is 0 Å². The van der Waals surface area contributed by atoms with Gasteiger partial charge in [0.15, 0.2) is 11.2 Å². The number of aliphatic hydroxyl groups is 1. The van der Waals surface area contributed by atoms with Crippen molar-refractivity contribution in [2.75, 3.05) is 18.5 Å². The molecule has 0 aliphatic heterocycles. The minimum absolute atomic E-state index is 0.0486. The molecule has 120 valence electrons. The zero-order chi connectivity index (χ0) is 16.3. The van der Waals surface area contributed by atoms with Crippen molar-refractivity contribution in [3.63, 3.8) is 0 Å². The highest BCUT2D eigenvalue weighted by molar-refractivity contribution is 6.29. The lowest BCUT2D eigenvalue weighted by Gasteiger charge is -2.07. The second-order valence-corrected chi connectivity index (χ2v) is 5.43. The van der Waals surface area contributed by atoms with Gasteiger partial charge >= 0.3 is 5.69 Å². The van der Waals surface area contributed by atoms with E-state index >= 15 is 0 Å². The van der Waals surface area contributed by atoms with Crippen LogP contribution >= 0.6 is 11.6 Å². The molecule has 0 amide bonds. The van der Waals surface area contributed by atoms with Crippen molar-refractivity contribution in [3.05, 3.63) is 31.9 Å². The van der Waals surface area contributed by atoms with Crippen LogP contribution in [0, 0.1) is 0 Å². The van der Waals surface area contributed by atoms with E-state index < -0.39 is 11.2 Å². The molecule has 2 rings (SSSR count). The first kappa shape index (κ1) is 16.3. The molecule has 8 nitrogen and oxygen atoms in total. The van der Waals surface area contributed by atoms with Gasteiger partial charge in [0, 0.05) is 31.8 Å². The molecular formula is C13H18ClN5O3. The topological polar surface area (TPSA) is 105 Å². The number of imidazole rings is 1. The summed E-state index contributed by atoms with van der Waals surface area (Å²) in [5, 5.41) is 12.5. The number of fused-ring (bicyclic) bond motifs is 1. The molecule has 0 fully saturated rings. The van der Waals surface area contributed by atoms with Gasteiger partial charge in [-0.2, -0.15) is 4.98 Å². The number of nitrogens with zero attached hydrogens (tertiary/aromatic N) is 3. The summed E-state index contributed by atoms with van der Waals surface area (Å²) in [6.45, 7) is 2.62. The van der Waals surface area contributed by atoms with Crippen molar-refractivity contribution in [2.24, 2.45) is 7.05 Å². The maximum Gasteiger partial charge on any atom is 0.329 e. The molecule has 2 aromatic heterocycles. The van der Waals surface area contributed by atoms with E-state index in [1.165, 1.54) is 11.6 Å². The Kier molecular flexibility index (Phi) is 5.04. The lowest BCUT2D eigenvalue weighted by Crippen LogP contribution is -2.29. The highest BCUT2D eigenvalue weighted by atomic mass is 35.5. The largest absolute Gasteiger partial charge is 0.396 e. The summed E-state index contributed by atoms with van der Waals surface area (Å²) in [6, 6.07) is 0. The average molecular weight is 328 g/mol. The Hall–Kier alpha value is -2.06. The SMILES string of the molecule is CC(Cl)=CCn1c(NCCCO)nc2c1c(=O)[nH]c(=O)n2C. The standard InChI is InChI=1S/C13H18ClN5O3/c1-8(14)4-6-19-9-10(16-12(19)15-5-3-7-20)18(2)13(22)17-11(9)21/h4,20H,3,5-7H2,1-2H3,(H,15,16)(H,17,21,22). The first-order valence-corrected chi connectivity index (χ1v) is 7.20. The number of H-pyrrole nitrogens is 1. The summed E-state index contributed by atoms with van der Waals surface area (Å²) in [6.07, 6.45) is 2.29. The van der Waals surface area contributed by atoms with Gasteiger partial charge in [-0.25, -0.2) is 4.79 Å². The number of hydrogen-bond acceptors (Lipinski definition) is 5. The number of aromatic nitrogens is 4. The molecule has 0 spiro atoms. The van der Waals surface area contributed by atoms with E-state index in [-0.39, 0.29) is 6.61 Å². The molecule has 0 unspecified atom stereocenters. The third-order valence-electron chi connectivity index (χ3n) is 3.18. The lowest BCUT2D eigenvalue weighted by molar-refractivity contribution is 0.292. The first-order chi connectivity index (χ1) is 10.5. The van der Waals surface area contributed by atoms with Gasteiger partial charge in [-0.15, -0.1) is 0 Å². The fourth-order valence-corrected chi connectivity index (χ4v) is 2.11. The van der Waals surface area contributed by atoms with E-state index in [0.717, 1.165) is 0 Å². The fourth-order valence-electron chi connectivity index (χ4n) is 2.04. The Balaban J connectivity index is 2.61. The molecule has 0 atom stereocenters. The van der Waals surface area contributed by atoms with Crippen LogP contribution in [0.2, 0.25) is 0 Å². The lowest BCUT2D eigenvalue weighted by atomic mass is 10.4. The van der Waals surface area contributed by atoms with Crippen molar-refractivity contribution in [3.8, 4) is 0 Å². The molecule has 0 aromatic carbocycles. The summed E-state index contributed by atoms with van der Waals surface area (Å²) >= 11 is 5.85. The average Bonchev–Trinajstić information content (AvgIpc) is 2.82. The van der Waals surface area contributed by atoms with Gasteiger partial charge in [0.2, 0.25) is 5.95 Å². The van der Waals surface area contributed by atoms with Crippen molar-refractivity contribution in [2.45, 2.75) is 19.9 Å². The predicted octanol–water partition coefficient (Wildman–Crippen LogP) is 0.360. The summed E-state index contributed by atoms with van der Waals surface area (Å²) in [5.74, 6) is 0.448. The minimum Gasteiger partial charge on any atom is -0.396 e. The maximum absolute atomic E-state index is 12.1. The zero-order valence-corrected chi connectivity index (χ0v) is 13.1. The van der Waals surface area contributed by atoms with Crippen LogP contribution in [0.15, 0.2) is 20.7 Å². The molecule has 3 N–H and O–H groups in total. The number of nitrogens with one attached hydrogen (secondary N) is 2. The van der Waals surface area contributed by atoms with Crippen molar-refractivity contribution in [1.29, 1.82) is 0 Å². The highest BCUT2D eigenvalue weighted by Gasteiger charge is 2.16. The molecule has 2 aromatic rings. The zero-order valence-electron chi connectivity index (χ0n) is 12.4. The van der Waals surface area contributed by atoms with E-state index in [9.17, 15) is 9.59 Å². The van der Waals surface area contributed by atoms with E-state index in [0.29, 0.717) is 41.7 Å². The van der Waals surface area contributed by atoms with E-state index in [1.807, 2.05) is 0 Å². The van der Waals surface area contributed by atoms with E-state index in [4.69, 9.17) is 16.7 Å². The fraction of sp³-hybridized carbons (Fsp3) is 0.462. The van der Waals surface area contributed by atoms with Crippen molar-refractivity contribution in [1.82, 2.24) is 19.1 Å². The molecule has 22 heavy (non-hydrogen) atoms. The number of anilines is 1. The summed E-state index contributed by atoms with van der Waals surface area (Å²) in [7, 11) is 1.54. The molecule has 0 saturated heterocycles. The van der Waals surface area contributed by atoms with Crippen LogP contribution < -0.4 is 16.6 Å². The normalized spacial score (nSPS) is 12.1. The first-order valence-electron chi connectivity index (χ1n) is 6.82. The number of rotatable bonds is 6. The molecule has 9 heteroatoms. The van der Waals surface area contributed by atoms with Crippen molar-refractivity contribution >= 4 is 28.7 Å². The molecule has 0 bridgehead atoms. The van der Waals surface area contributed by atoms with Crippen LogP contribution in [0.3, 0.4) is 0 Å². The van der Waals surface area contributed by atoms with Crippen LogP contribution in [0.4, 0.5) is 5.95 Å². The Labute approximate surface area is 131 Å². The quantitative estimate of drug-likeness (QED) is 0.664. The predicted molar refractivity (Wildman–Crippen MR) is 85.4 cm³/mol. The van der Waals surface area contributed by atoms with E-state index in [1.54, 1.807) is 17.6 Å². The second-order valence-electron chi connectivity index (χ2n) is 4.83. The summed E-state index contributed by atoms with van der Waals surface area (Å²) < 4.78 is 2.93. The summed E-state index contributed by atoms with van der Waals surface area (Å²) in [5.41, 5.74) is -0.432. The van der Waals surface area contributed by atoms with Gasteiger partial charge in [-0.1, -0.05) is 17.7 Å². The maximum atomic E-state index is 12.1. The third kappa shape index (κ3) is 3.23. The van der Waals surface area contributed by atoms with Crippen LogP contribution in [0.25, 0.3) is 11.2 Å². The number of aryl methyl sites for hydroxylation is 1. The second kappa shape index (κ2) is 6.80. The Morgan fingerprint density at radius 2 is 2.23 bits per heavy atom. The number of aliphatic hydroxyl groups excluding tert-OH is 1. The smallest absolute Gasteiger partial charge is 0.329 e. The Bertz CT molecular complexity index is 813. The number of halogens is 1. The monoisotopic (exact) mass is 327 g/mol. The number of allylic oxidation sites excluding steroid dienone is 2. The molecule has 0 saturated carbocycles. The van der Waals surface area contributed by atoms with Gasteiger partial charge in [-0.3, -0.25) is 14.3 Å². The van der Waals surface area contributed by atoms with Crippen LogP contribution in [-0.4, -0.2) is 37.4 Å². The molecular weight excluding hydrogens is 310 g/mol. The van der Waals surface area contributed by atoms with E-state index in [2.05, 4.69) is 15.3 Å². The third-order valence-corrected chi connectivity index (χ3v) is 3.33. The minimum atomic E-state index is -0.520. The van der Waals surface area contributed by atoms with Crippen LogP contribution in [0.1, 0.15) is 13.3 Å². The molecule has 0 aliphatic rings. The van der Waals surface area contributed by atoms with Gasteiger partial charge in [0.05, 0.1) is 0 Å². The molecule has 0 radical (unpaired) electrons. The van der Waals surface area contributed by atoms with Crippen LogP contribution in [-0.2, 0) is 13.6 Å². The number of hydrogen-bond donors (Lipinski definition) is 3. The van der Waals surface area contributed by atoms with Crippen LogP contribution in [0.5, 0.6) is 0 Å². The Morgan fingerprint density at radius 3 is 2.86 bits per heavy atom.